The van der Waals surface area contributed by atoms with Gasteiger partial charge < -0.3 is 20.9 Å². The molecule has 2 atom stereocenters. The van der Waals surface area contributed by atoms with E-state index in [1.807, 2.05) is 66.7 Å². The summed E-state index contributed by atoms with van der Waals surface area (Å²) in [7, 11) is 1.67. The van der Waals surface area contributed by atoms with Crippen LogP contribution in [0, 0.1) is 0 Å². The van der Waals surface area contributed by atoms with E-state index in [1.54, 1.807) is 13.3 Å². The molecule has 1 aliphatic heterocycles. The highest BCUT2D eigenvalue weighted by Gasteiger charge is 2.32. The van der Waals surface area contributed by atoms with Crippen molar-refractivity contribution in [3.63, 3.8) is 0 Å². The summed E-state index contributed by atoms with van der Waals surface area (Å²) in [6.45, 7) is 0.476. The van der Waals surface area contributed by atoms with Gasteiger partial charge in [-0.3, -0.25) is 4.99 Å². The first-order valence-corrected chi connectivity index (χ1v) is 10.3. The Morgan fingerprint density at radius 2 is 1.77 bits per heavy atom. The Balaban J connectivity index is 1.68. The number of nitrogens with zero attached hydrogens (tertiary/aromatic N) is 1. The standard InChI is InChI=1S/C26H27N3O2/c1-30-23-10-5-9-20(16-23)21-11-12-24(31-18-19-7-3-2-4-8-19)22(15-21)17-26(28)13-6-14-29-25(26)27/h2-16,25H,17-18,27-28H2,1H3. The molecule has 0 saturated carbocycles. The second-order valence-electron chi connectivity index (χ2n) is 7.72. The first-order chi connectivity index (χ1) is 15.1. The molecule has 0 amide bonds. The molecule has 0 spiro atoms. The smallest absolute Gasteiger partial charge is 0.123 e. The fraction of sp³-hybridized carbons (Fsp3) is 0.192. The van der Waals surface area contributed by atoms with Crippen LogP contribution in [0.4, 0.5) is 0 Å². The Hall–Kier alpha value is -3.41. The van der Waals surface area contributed by atoms with Crippen LogP contribution in [0.1, 0.15) is 11.1 Å². The lowest BCUT2D eigenvalue weighted by molar-refractivity contribution is 0.299. The largest absolute Gasteiger partial charge is 0.497 e. The molecule has 4 rings (SSSR count). The maximum Gasteiger partial charge on any atom is 0.123 e. The molecule has 0 aromatic heterocycles. The molecule has 0 bridgehead atoms. The van der Waals surface area contributed by atoms with E-state index in [4.69, 9.17) is 20.9 Å². The third kappa shape index (κ3) is 4.85. The maximum atomic E-state index is 6.64. The van der Waals surface area contributed by atoms with Crippen LogP contribution < -0.4 is 20.9 Å². The summed E-state index contributed by atoms with van der Waals surface area (Å²) in [6, 6.07) is 24.2. The number of dihydropyridines is 1. The van der Waals surface area contributed by atoms with Crippen molar-refractivity contribution < 1.29 is 9.47 Å². The molecule has 0 fully saturated rings. The zero-order chi connectivity index (χ0) is 21.7. The number of ether oxygens (including phenoxy) is 2. The highest BCUT2D eigenvalue weighted by Crippen LogP contribution is 2.32. The summed E-state index contributed by atoms with van der Waals surface area (Å²) >= 11 is 0. The average molecular weight is 414 g/mol. The van der Waals surface area contributed by atoms with Crippen molar-refractivity contribution in [2.75, 3.05) is 7.11 Å². The summed E-state index contributed by atoms with van der Waals surface area (Å²) in [4.78, 5) is 4.29. The lowest BCUT2D eigenvalue weighted by atomic mass is 9.86. The van der Waals surface area contributed by atoms with Crippen LogP contribution >= 0.6 is 0 Å². The number of allylic oxidation sites excluding steroid dienone is 1. The second kappa shape index (κ2) is 9.16. The molecule has 0 saturated heterocycles. The summed E-state index contributed by atoms with van der Waals surface area (Å²) in [5.74, 6) is 1.60. The summed E-state index contributed by atoms with van der Waals surface area (Å²) in [5.41, 5.74) is 16.3. The number of hydrogen-bond donors (Lipinski definition) is 2. The van der Waals surface area contributed by atoms with E-state index >= 15 is 0 Å². The summed E-state index contributed by atoms with van der Waals surface area (Å²) in [5, 5.41) is 0. The molecular formula is C26H27N3O2. The Labute approximate surface area is 183 Å². The topological polar surface area (TPSA) is 82.9 Å². The molecule has 5 heteroatoms. The lowest BCUT2D eigenvalue weighted by Gasteiger charge is -2.32. The van der Waals surface area contributed by atoms with Crippen molar-refractivity contribution in [1.29, 1.82) is 0 Å². The van der Waals surface area contributed by atoms with Crippen LogP contribution in [0.2, 0.25) is 0 Å². The summed E-state index contributed by atoms with van der Waals surface area (Å²) < 4.78 is 11.6. The number of benzene rings is 3. The van der Waals surface area contributed by atoms with Crippen molar-refractivity contribution in [3.8, 4) is 22.6 Å². The van der Waals surface area contributed by atoms with Crippen molar-refractivity contribution in [2.24, 2.45) is 16.5 Å². The SMILES string of the molecule is COc1cccc(-c2ccc(OCc3ccccc3)c(CC3(N)C=CC=NC3N)c2)c1. The molecule has 5 nitrogen and oxygen atoms in total. The molecule has 31 heavy (non-hydrogen) atoms. The number of nitrogens with two attached hydrogens (primary N) is 2. The predicted molar refractivity (Wildman–Crippen MR) is 125 cm³/mol. The predicted octanol–water partition coefficient (Wildman–Crippen LogP) is 4.11. The van der Waals surface area contributed by atoms with Gasteiger partial charge >= 0.3 is 0 Å². The Kier molecular flexibility index (Phi) is 6.16. The van der Waals surface area contributed by atoms with Crippen LogP contribution in [0.5, 0.6) is 11.5 Å². The highest BCUT2D eigenvalue weighted by molar-refractivity contribution is 5.73. The normalized spacial score (nSPS) is 19.9. The van der Waals surface area contributed by atoms with Crippen molar-refractivity contribution in [1.82, 2.24) is 0 Å². The van der Waals surface area contributed by atoms with Crippen LogP contribution in [0.25, 0.3) is 11.1 Å². The van der Waals surface area contributed by atoms with Gasteiger partial charge in [0.25, 0.3) is 0 Å². The molecule has 3 aromatic rings. The molecule has 0 aliphatic carbocycles. The molecule has 1 aliphatic rings. The van der Waals surface area contributed by atoms with Gasteiger partial charge in [0, 0.05) is 12.6 Å². The third-order valence-electron chi connectivity index (χ3n) is 5.49. The Morgan fingerprint density at radius 3 is 2.55 bits per heavy atom. The second-order valence-corrected chi connectivity index (χ2v) is 7.72. The van der Waals surface area contributed by atoms with Crippen LogP contribution in [0.3, 0.4) is 0 Å². The Bertz CT molecular complexity index is 1090. The number of hydrogen-bond acceptors (Lipinski definition) is 5. The zero-order valence-electron chi connectivity index (χ0n) is 17.6. The number of rotatable bonds is 7. The number of methoxy groups -OCH3 is 1. The Morgan fingerprint density at radius 1 is 0.968 bits per heavy atom. The lowest BCUT2D eigenvalue weighted by Crippen LogP contribution is -2.55. The van der Waals surface area contributed by atoms with E-state index in [9.17, 15) is 0 Å². The quantitative estimate of drug-likeness (QED) is 0.611. The molecule has 2 unspecified atom stereocenters. The van der Waals surface area contributed by atoms with Gasteiger partial charge in [-0.15, -0.1) is 0 Å². The van der Waals surface area contributed by atoms with Gasteiger partial charge in [0.15, 0.2) is 0 Å². The van der Waals surface area contributed by atoms with E-state index in [1.165, 1.54) is 0 Å². The molecule has 3 aromatic carbocycles. The average Bonchev–Trinajstić information content (AvgIpc) is 2.81. The van der Waals surface area contributed by atoms with Gasteiger partial charge in [0.05, 0.1) is 12.6 Å². The minimum absolute atomic E-state index is 0.476. The molecule has 0 radical (unpaired) electrons. The van der Waals surface area contributed by atoms with E-state index < -0.39 is 11.7 Å². The summed E-state index contributed by atoms with van der Waals surface area (Å²) in [6.07, 6.45) is 5.45. The van der Waals surface area contributed by atoms with E-state index in [0.717, 1.165) is 33.8 Å². The molecule has 158 valence electrons. The zero-order valence-corrected chi connectivity index (χ0v) is 17.6. The van der Waals surface area contributed by atoms with E-state index in [-0.39, 0.29) is 0 Å². The van der Waals surface area contributed by atoms with Gasteiger partial charge in [-0.05, 0) is 52.6 Å². The van der Waals surface area contributed by atoms with Crippen molar-refractivity contribution >= 4 is 6.21 Å². The van der Waals surface area contributed by atoms with Crippen LogP contribution in [0.15, 0.2) is 89.9 Å². The van der Waals surface area contributed by atoms with E-state index in [2.05, 4.69) is 23.2 Å². The molecular weight excluding hydrogens is 386 g/mol. The first kappa shape index (κ1) is 20.8. The van der Waals surface area contributed by atoms with Gasteiger partial charge in [0.1, 0.15) is 24.3 Å². The van der Waals surface area contributed by atoms with Gasteiger partial charge in [0.2, 0.25) is 0 Å². The van der Waals surface area contributed by atoms with Crippen LogP contribution in [-0.2, 0) is 13.0 Å². The minimum Gasteiger partial charge on any atom is -0.497 e. The minimum atomic E-state index is -0.785. The van der Waals surface area contributed by atoms with Gasteiger partial charge in [-0.1, -0.05) is 54.6 Å². The fourth-order valence-electron chi connectivity index (χ4n) is 3.67. The van der Waals surface area contributed by atoms with Gasteiger partial charge in [-0.2, -0.15) is 0 Å². The first-order valence-electron chi connectivity index (χ1n) is 10.3. The molecule has 4 N–H and O–H groups in total. The van der Waals surface area contributed by atoms with Crippen LogP contribution in [-0.4, -0.2) is 25.0 Å². The van der Waals surface area contributed by atoms with Crippen molar-refractivity contribution in [2.45, 2.75) is 24.7 Å². The maximum absolute atomic E-state index is 6.64. The fourth-order valence-corrected chi connectivity index (χ4v) is 3.67. The molecule has 1 heterocycles. The van der Waals surface area contributed by atoms with Gasteiger partial charge in [-0.25, -0.2) is 0 Å². The monoisotopic (exact) mass is 413 g/mol. The van der Waals surface area contributed by atoms with Crippen molar-refractivity contribution in [3.05, 3.63) is 96.1 Å². The third-order valence-corrected chi connectivity index (χ3v) is 5.49. The van der Waals surface area contributed by atoms with E-state index in [0.29, 0.717) is 13.0 Å². The number of aliphatic imine (C=N–C) groups is 1. The highest BCUT2D eigenvalue weighted by atomic mass is 16.5.